The van der Waals surface area contributed by atoms with Crippen LogP contribution in [-0.4, -0.2) is 42.2 Å². The molecule has 4 heteroatoms. The average molecular weight is 361 g/mol. The summed E-state index contributed by atoms with van der Waals surface area (Å²) in [5.41, 5.74) is 1.34. The molecule has 1 saturated carbocycles. The highest BCUT2D eigenvalue weighted by Gasteiger charge is 2.28. The number of aliphatic hydroxyl groups excluding tert-OH is 1. The first-order chi connectivity index (χ1) is 12.4. The van der Waals surface area contributed by atoms with E-state index in [4.69, 9.17) is 5.11 Å². The molecular formula is C22H36N2O2. The van der Waals surface area contributed by atoms with Gasteiger partial charge in [0, 0.05) is 19.7 Å². The lowest BCUT2D eigenvalue weighted by molar-refractivity contribution is -0.123. The quantitative estimate of drug-likeness (QED) is 0.705. The second kappa shape index (κ2) is 10.1. The summed E-state index contributed by atoms with van der Waals surface area (Å²) in [4.78, 5) is 15.0. The third-order valence-corrected chi connectivity index (χ3v) is 5.04. The fraction of sp³-hybridized carbons (Fsp3) is 0.682. The number of hydrogen-bond donors (Lipinski definition) is 2. The highest BCUT2D eigenvalue weighted by atomic mass is 16.3. The monoisotopic (exact) mass is 360 g/mol. The van der Waals surface area contributed by atoms with Gasteiger partial charge in [0.05, 0.1) is 12.6 Å². The Hall–Kier alpha value is -1.39. The van der Waals surface area contributed by atoms with E-state index in [-0.39, 0.29) is 24.0 Å². The minimum absolute atomic E-state index is 0.0907. The van der Waals surface area contributed by atoms with Crippen molar-refractivity contribution in [3.63, 3.8) is 0 Å². The van der Waals surface area contributed by atoms with Crippen LogP contribution in [-0.2, 0) is 4.79 Å². The van der Waals surface area contributed by atoms with Crippen molar-refractivity contribution < 1.29 is 9.90 Å². The van der Waals surface area contributed by atoms with Crippen LogP contribution in [0.4, 0.5) is 0 Å². The molecule has 0 saturated heterocycles. The summed E-state index contributed by atoms with van der Waals surface area (Å²) in [7, 11) is 0. The molecule has 2 rings (SSSR count). The Bertz CT molecular complexity index is 533. The zero-order valence-electron chi connectivity index (χ0n) is 16.7. The van der Waals surface area contributed by atoms with Crippen molar-refractivity contribution in [2.24, 2.45) is 11.3 Å². The molecule has 2 N–H and O–H groups in total. The third-order valence-electron chi connectivity index (χ3n) is 5.04. The molecule has 0 heterocycles. The predicted molar refractivity (Wildman–Crippen MR) is 107 cm³/mol. The number of rotatable bonds is 9. The van der Waals surface area contributed by atoms with Gasteiger partial charge in [-0.05, 0) is 36.2 Å². The number of nitrogens with one attached hydrogen (secondary N) is 1. The van der Waals surface area contributed by atoms with Gasteiger partial charge in [-0.25, -0.2) is 0 Å². The van der Waals surface area contributed by atoms with Gasteiger partial charge >= 0.3 is 0 Å². The average Bonchev–Trinajstić information content (AvgIpc) is 3.11. The Labute approximate surface area is 159 Å². The molecule has 1 aromatic rings. The molecule has 1 aromatic carbocycles. The van der Waals surface area contributed by atoms with E-state index in [2.05, 4.69) is 55.3 Å². The normalized spacial score (nSPS) is 16.8. The van der Waals surface area contributed by atoms with Crippen LogP contribution in [0.2, 0.25) is 0 Å². The van der Waals surface area contributed by atoms with Crippen LogP contribution < -0.4 is 5.32 Å². The van der Waals surface area contributed by atoms with Gasteiger partial charge in [0.15, 0.2) is 0 Å². The fourth-order valence-electron chi connectivity index (χ4n) is 4.03. The highest BCUT2D eigenvalue weighted by Crippen LogP contribution is 2.35. The smallest absolute Gasteiger partial charge is 0.234 e. The summed E-state index contributed by atoms with van der Waals surface area (Å²) in [6.07, 6.45) is 5.60. The number of hydrogen-bond acceptors (Lipinski definition) is 3. The molecule has 26 heavy (non-hydrogen) atoms. The van der Waals surface area contributed by atoms with Crippen molar-refractivity contribution in [2.45, 2.75) is 58.9 Å². The number of carbonyl (C=O) groups excluding carboxylic acids is 1. The van der Waals surface area contributed by atoms with Gasteiger partial charge in [0.1, 0.15) is 0 Å². The lowest BCUT2D eigenvalue weighted by atomic mass is 9.91. The summed E-state index contributed by atoms with van der Waals surface area (Å²) in [5, 5.41) is 12.5. The van der Waals surface area contributed by atoms with Crippen molar-refractivity contribution in [3.05, 3.63) is 35.9 Å². The van der Waals surface area contributed by atoms with Gasteiger partial charge in [-0.3, -0.25) is 9.69 Å². The first kappa shape index (κ1) is 20.9. The molecule has 0 aromatic heterocycles. The van der Waals surface area contributed by atoms with E-state index < -0.39 is 0 Å². The molecule has 0 aliphatic heterocycles. The molecule has 1 amide bonds. The topological polar surface area (TPSA) is 52.6 Å². The van der Waals surface area contributed by atoms with E-state index >= 15 is 0 Å². The van der Waals surface area contributed by atoms with Gasteiger partial charge < -0.3 is 10.4 Å². The van der Waals surface area contributed by atoms with Crippen LogP contribution in [0.3, 0.4) is 0 Å². The van der Waals surface area contributed by atoms with Gasteiger partial charge in [0.25, 0.3) is 0 Å². The molecule has 0 spiro atoms. The van der Waals surface area contributed by atoms with Crippen molar-refractivity contribution in [1.82, 2.24) is 10.2 Å². The van der Waals surface area contributed by atoms with Crippen LogP contribution in [0.5, 0.6) is 0 Å². The van der Waals surface area contributed by atoms with Crippen LogP contribution in [0.1, 0.15) is 64.5 Å². The molecule has 1 atom stereocenters. The van der Waals surface area contributed by atoms with Crippen LogP contribution >= 0.6 is 0 Å². The lowest BCUT2D eigenvalue weighted by Crippen LogP contribution is -2.43. The summed E-state index contributed by atoms with van der Waals surface area (Å²) >= 11 is 0. The predicted octanol–water partition coefficient (Wildman–Crippen LogP) is 3.76. The third kappa shape index (κ3) is 7.08. The Morgan fingerprint density at radius 2 is 1.88 bits per heavy atom. The van der Waals surface area contributed by atoms with Crippen molar-refractivity contribution in [1.29, 1.82) is 0 Å². The maximum atomic E-state index is 12.8. The molecule has 4 nitrogen and oxygen atoms in total. The summed E-state index contributed by atoms with van der Waals surface area (Å²) in [6.45, 7) is 8.71. The second-order valence-electron chi connectivity index (χ2n) is 8.85. The van der Waals surface area contributed by atoms with E-state index in [1.165, 1.54) is 31.2 Å². The minimum Gasteiger partial charge on any atom is -0.396 e. The zero-order chi connectivity index (χ0) is 19.0. The molecule has 1 aliphatic carbocycles. The van der Waals surface area contributed by atoms with E-state index in [1.807, 2.05) is 6.07 Å². The highest BCUT2D eigenvalue weighted by molar-refractivity contribution is 5.78. The van der Waals surface area contributed by atoms with Gasteiger partial charge in [0.2, 0.25) is 5.91 Å². The molecule has 1 fully saturated rings. The molecule has 0 radical (unpaired) electrons. The number of carbonyl (C=O) groups is 1. The fourth-order valence-corrected chi connectivity index (χ4v) is 4.03. The SMILES string of the molecule is CC(C)(C)CN(CCCO)CC(=O)NC(c1ccccc1)C1CCCC1. The summed E-state index contributed by atoms with van der Waals surface area (Å²) in [6, 6.07) is 10.5. The first-order valence-corrected chi connectivity index (χ1v) is 10.1. The van der Waals surface area contributed by atoms with E-state index in [9.17, 15) is 4.79 Å². The maximum absolute atomic E-state index is 12.8. The lowest BCUT2D eigenvalue weighted by Gasteiger charge is -2.31. The maximum Gasteiger partial charge on any atom is 0.234 e. The number of amides is 1. The van der Waals surface area contributed by atoms with Gasteiger partial charge in [-0.15, -0.1) is 0 Å². The van der Waals surface area contributed by atoms with Crippen molar-refractivity contribution in [2.75, 3.05) is 26.2 Å². The molecule has 1 unspecified atom stereocenters. The van der Waals surface area contributed by atoms with E-state index in [0.717, 1.165) is 13.1 Å². The Kier molecular flexibility index (Phi) is 8.11. The van der Waals surface area contributed by atoms with E-state index in [1.54, 1.807) is 0 Å². The Morgan fingerprint density at radius 1 is 1.23 bits per heavy atom. The van der Waals surface area contributed by atoms with Gasteiger partial charge in [-0.1, -0.05) is 63.9 Å². The van der Waals surface area contributed by atoms with Crippen LogP contribution in [0, 0.1) is 11.3 Å². The molecular weight excluding hydrogens is 324 g/mol. The Morgan fingerprint density at radius 3 is 2.46 bits per heavy atom. The summed E-state index contributed by atoms with van der Waals surface area (Å²) in [5.74, 6) is 0.628. The minimum atomic E-state index is 0.0907. The Balaban J connectivity index is 2.02. The number of benzene rings is 1. The second-order valence-corrected chi connectivity index (χ2v) is 8.85. The number of nitrogens with zero attached hydrogens (tertiary/aromatic N) is 1. The molecule has 0 bridgehead atoms. The number of aliphatic hydroxyl groups is 1. The van der Waals surface area contributed by atoms with Crippen LogP contribution in [0.15, 0.2) is 30.3 Å². The first-order valence-electron chi connectivity index (χ1n) is 10.1. The van der Waals surface area contributed by atoms with Crippen molar-refractivity contribution in [3.8, 4) is 0 Å². The molecule has 146 valence electrons. The van der Waals surface area contributed by atoms with E-state index in [0.29, 0.717) is 18.9 Å². The molecule has 1 aliphatic rings. The zero-order valence-corrected chi connectivity index (χ0v) is 16.7. The standard InChI is InChI=1S/C22H36N2O2/c1-22(2,3)17-24(14-9-15-25)16-20(26)23-21(19-12-7-8-13-19)18-10-5-4-6-11-18/h4-6,10-11,19,21,25H,7-9,12-17H2,1-3H3,(H,23,26). The van der Waals surface area contributed by atoms with Crippen molar-refractivity contribution >= 4 is 5.91 Å². The largest absolute Gasteiger partial charge is 0.396 e. The summed E-state index contributed by atoms with van der Waals surface area (Å²) < 4.78 is 0. The van der Waals surface area contributed by atoms with Gasteiger partial charge in [-0.2, -0.15) is 0 Å². The van der Waals surface area contributed by atoms with Crippen LogP contribution in [0.25, 0.3) is 0 Å².